The molecule has 3 rings (SSSR count). The number of carbonyl (C=O) groups is 1. The first kappa shape index (κ1) is 21.9. The second-order valence-corrected chi connectivity index (χ2v) is 6.99. The van der Waals surface area contributed by atoms with Crippen molar-refractivity contribution < 1.29 is 26.7 Å². The average Bonchev–Trinajstić information content (AvgIpc) is 2.63. The number of piperidine rings is 2. The summed E-state index contributed by atoms with van der Waals surface area (Å²) >= 11 is 0. The first-order chi connectivity index (χ1) is 12.3. The summed E-state index contributed by atoms with van der Waals surface area (Å²) in [6.07, 6.45) is -3.34. The number of rotatable bonds is 2. The van der Waals surface area contributed by atoms with Crippen molar-refractivity contribution in [3.05, 3.63) is 34.9 Å². The molecule has 2 aliphatic rings. The van der Waals surface area contributed by atoms with Crippen molar-refractivity contribution in [3.63, 3.8) is 0 Å². The van der Waals surface area contributed by atoms with Crippen molar-refractivity contribution in [1.29, 1.82) is 0 Å². The van der Waals surface area contributed by atoms with Crippen LogP contribution in [0.4, 0.5) is 22.0 Å². The molecule has 1 aromatic carbocycles. The normalized spacial score (nSPS) is 19.7. The van der Waals surface area contributed by atoms with Crippen LogP contribution in [-0.2, 0) is 0 Å². The van der Waals surface area contributed by atoms with Crippen LogP contribution in [0.25, 0.3) is 0 Å². The van der Waals surface area contributed by atoms with E-state index in [2.05, 4.69) is 5.32 Å². The van der Waals surface area contributed by atoms with E-state index in [4.69, 9.17) is 0 Å². The SMILES string of the molecule is Cl.O=C(c1cc(F)c(C2CCNCC2)cc1F)N1CCC(C(F)(F)F)CC1. The molecule has 2 saturated heterocycles. The number of halogens is 6. The lowest BCUT2D eigenvalue weighted by molar-refractivity contribution is -0.183. The van der Waals surface area contributed by atoms with Crippen molar-refractivity contribution in [3.8, 4) is 0 Å². The summed E-state index contributed by atoms with van der Waals surface area (Å²) < 4.78 is 67.0. The summed E-state index contributed by atoms with van der Waals surface area (Å²) in [5, 5.41) is 3.15. The maximum atomic E-state index is 14.5. The Hall–Kier alpha value is -1.41. The van der Waals surface area contributed by atoms with Crippen molar-refractivity contribution in [2.24, 2.45) is 5.92 Å². The summed E-state index contributed by atoms with van der Waals surface area (Å²) in [5.74, 6) is -3.75. The van der Waals surface area contributed by atoms with Gasteiger partial charge in [-0.1, -0.05) is 0 Å². The van der Waals surface area contributed by atoms with Gasteiger partial charge in [-0.25, -0.2) is 8.78 Å². The van der Waals surface area contributed by atoms with Gasteiger partial charge in [-0.05, 0) is 62.4 Å². The summed E-state index contributed by atoms with van der Waals surface area (Å²) in [4.78, 5) is 13.6. The van der Waals surface area contributed by atoms with E-state index in [1.807, 2.05) is 0 Å². The van der Waals surface area contributed by atoms with E-state index >= 15 is 0 Å². The predicted octanol–water partition coefficient (Wildman–Crippen LogP) is 4.27. The van der Waals surface area contributed by atoms with E-state index in [0.717, 1.165) is 25.2 Å². The summed E-state index contributed by atoms with van der Waals surface area (Å²) in [7, 11) is 0. The Balaban J connectivity index is 0.00000261. The summed E-state index contributed by atoms with van der Waals surface area (Å²) in [5.41, 5.74) is -0.151. The minimum absolute atomic E-state index is 0. The Morgan fingerprint density at radius 1 is 1.00 bits per heavy atom. The first-order valence-electron chi connectivity index (χ1n) is 8.83. The quantitative estimate of drug-likeness (QED) is 0.736. The predicted molar refractivity (Wildman–Crippen MR) is 93.1 cm³/mol. The van der Waals surface area contributed by atoms with E-state index in [9.17, 15) is 26.7 Å². The molecule has 0 bridgehead atoms. The second-order valence-electron chi connectivity index (χ2n) is 6.99. The van der Waals surface area contributed by atoms with Gasteiger partial charge in [-0.15, -0.1) is 12.4 Å². The molecule has 27 heavy (non-hydrogen) atoms. The van der Waals surface area contributed by atoms with Crippen LogP contribution < -0.4 is 5.32 Å². The molecular formula is C18H22ClF5N2O. The number of nitrogens with one attached hydrogen (secondary N) is 1. The number of nitrogens with zero attached hydrogens (tertiary/aromatic N) is 1. The van der Waals surface area contributed by atoms with Gasteiger partial charge in [0.2, 0.25) is 0 Å². The number of benzene rings is 1. The Labute approximate surface area is 160 Å². The zero-order chi connectivity index (χ0) is 18.9. The molecule has 1 N–H and O–H groups in total. The smallest absolute Gasteiger partial charge is 0.339 e. The highest BCUT2D eigenvalue weighted by Gasteiger charge is 2.42. The minimum Gasteiger partial charge on any atom is -0.339 e. The topological polar surface area (TPSA) is 32.3 Å². The molecule has 0 spiro atoms. The van der Waals surface area contributed by atoms with Crippen molar-refractivity contribution in [2.75, 3.05) is 26.2 Å². The van der Waals surface area contributed by atoms with Gasteiger partial charge in [-0.3, -0.25) is 4.79 Å². The number of hydrogen-bond acceptors (Lipinski definition) is 2. The molecule has 3 nitrogen and oxygen atoms in total. The van der Waals surface area contributed by atoms with Crippen LogP contribution >= 0.6 is 12.4 Å². The number of carbonyl (C=O) groups excluding carboxylic acids is 1. The molecular weight excluding hydrogens is 391 g/mol. The molecule has 1 aromatic rings. The lowest BCUT2D eigenvalue weighted by Crippen LogP contribution is -2.42. The van der Waals surface area contributed by atoms with Gasteiger partial charge >= 0.3 is 6.18 Å². The van der Waals surface area contributed by atoms with Crippen LogP contribution in [0.2, 0.25) is 0 Å². The first-order valence-corrected chi connectivity index (χ1v) is 8.83. The molecule has 2 aliphatic heterocycles. The highest BCUT2D eigenvalue weighted by molar-refractivity contribution is 5.94. The standard InChI is InChI=1S/C18H21F5N2O.ClH/c19-15-10-14(16(20)9-13(15)11-1-5-24-6-2-11)17(26)25-7-3-12(4-8-25)18(21,22)23;/h9-12,24H,1-8H2;1H. The second kappa shape index (κ2) is 8.73. The lowest BCUT2D eigenvalue weighted by Gasteiger charge is -2.33. The molecule has 1 amide bonds. The van der Waals surface area contributed by atoms with Gasteiger partial charge in [0.25, 0.3) is 5.91 Å². The van der Waals surface area contributed by atoms with Gasteiger partial charge in [-0.2, -0.15) is 13.2 Å². The van der Waals surface area contributed by atoms with Crippen LogP contribution in [0, 0.1) is 17.6 Å². The van der Waals surface area contributed by atoms with Gasteiger partial charge in [0, 0.05) is 13.1 Å². The third kappa shape index (κ3) is 4.90. The van der Waals surface area contributed by atoms with E-state index in [0.29, 0.717) is 12.8 Å². The van der Waals surface area contributed by atoms with Crippen molar-refractivity contribution >= 4 is 18.3 Å². The molecule has 0 aliphatic carbocycles. The maximum absolute atomic E-state index is 14.5. The highest BCUT2D eigenvalue weighted by atomic mass is 35.5. The third-order valence-corrected chi connectivity index (χ3v) is 5.34. The summed E-state index contributed by atoms with van der Waals surface area (Å²) in [6, 6.07) is 1.96. The fraction of sp³-hybridized carbons (Fsp3) is 0.611. The number of alkyl halides is 3. The molecule has 0 atom stereocenters. The highest BCUT2D eigenvalue weighted by Crippen LogP contribution is 2.35. The van der Waals surface area contributed by atoms with Crippen molar-refractivity contribution in [2.45, 2.75) is 37.8 Å². The minimum atomic E-state index is -4.29. The van der Waals surface area contributed by atoms with Crippen LogP contribution in [0.1, 0.15) is 47.5 Å². The van der Waals surface area contributed by atoms with Crippen LogP contribution in [0.3, 0.4) is 0 Å². The lowest BCUT2D eigenvalue weighted by atomic mass is 9.89. The van der Waals surface area contributed by atoms with E-state index in [-0.39, 0.29) is 49.8 Å². The molecule has 2 heterocycles. The fourth-order valence-corrected chi connectivity index (χ4v) is 3.75. The van der Waals surface area contributed by atoms with Crippen LogP contribution in [0.5, 0.6) is 0 Å². The molecule has 0 saturated carbocycles. The molecule has 152 valence electrons. The zero-order valence-electron chi connectivity index (χ0n) is 14.6. The fourth-order valence-electron chi connectivity index (χ4n) is 3.75. The molecule has 0 radical (unpaired) electrons. The van der Waals surface area contributed by atoms with Gasteiger partial charge in [0.15, 0.2) is 0 Å². The van der Waals surface area contributed by atoms with E-state index < -0.39 is 35.2 Å². The summed E-state index contributed by atoms with van der Waals surface area (Å²) in [6.45, 7) is 1.22. The van der Waals surface area contributed by atoms with Gasteiger partial charge in [0.05, 0.1) is 11.5 Å². The van der Waals surface area contributed by atoms with Crippen molar-refractivity contribution in [1.82, 2.24) is 10.2 Å². The van der Waals surface area contributed by atoms with Gasteiger partial charge < -0.3 is 10.2 Å². The Bertz CT molecular complexity index is 668. The Morgan fingerprint density at radius 2 is 1.59 bits per heavy atom. The molecule has 9 heteroatoms. The molecule has 0 unspecified atom stereocenters. The Kier molecular flexibility index (Phi) is 7.08. The Morgan fingerprint density at radius 3 is 2.15 bits per heavy atom. The van der Waals surface area contributed by atoms with E-state index in [1.54, 1.807) is 0 Å². The maximum Gasteiger partial charge on any atom is 0.391 e. The molecule has 2 fully saturated rings. The zero-order valence-corrected chi connectivity index (χ0v) is 15.4. The number of likely N-dealkylation sites (tertiary alicyclic amines) is 1. The largest absolute Gasteiger partial charge is 0.391 e. The monoisotopic (exact) mass is 412 g/mol. The van der Waals surface area contributed by atoms with Crippen LogP contribution in [-0.4, -0.2) is 43.2 Å². The average molecular weight is 413 g/mol. The number of amides is 1. The number of hydrogen-bond donors (Lipinski definition) is 1. The van der Waals surface area contributed by atoms with Gasteiger partial charge in [0.1, 0.15) is 11.6 Å². The third-order valence-electron chi connectivity index (χ3n) is 5.34. The van der Waals surface area contributed by atoms with E-state index in [1.165, 1.54) is 4.90 Å². The molecule has 0 aromatic heterocycles. The van der Waals surface area contributed by atoms with Crippen LogP contribution in [0.15, 0.2) is 12.1 Å².